The van der Waals surface area contributed by atoms with Gasteiger partial charge < -0.3 is 34.5 Å². The lowest BCUT2D eigenvalue weighted by atomic mass is 10.3. The molecule has 0 saturated carbocycles. The number of benzene rings is 4. The Labute approximate surface area is 226 Å². The summed E-state index contributed by atoms with van der Waals surface area (Å²) >= 11 is 0. The Bertz CT molecular complexity index is 995. The summed E-state index contributed by atoms with van der Waals surface area (Å²) in [6, 6.07) is 44.3. The summed E-state index contributed by atoms with van der Waals surface area (Å²) in [5.74, 6) is 0. The minimum absolute atomic E-state index is 0.309. The van der Waals surface area contributed by atoms with Gasteiger partial charge in [0.05, 0.1) is 0 Å². The van der Waals surface area contributed by atoms with Crippen molar-refractivity contribution in [3.63, 3.8) is 0 Å². The van der Waals surface area contributed by atoms with Gasteiger partial charge in [-0.25, -0.2) is 0 Å². The SMILES string of the molecule is F[B-](F)(F)F.F[B-](F)(F)F.c1ccc(P(CCCP(c2ccccc2)c2ccccc2)c2ccccc2)cc1. The van der Waals surface area contributed by atoms with Crippen LogP contribution < -0.4 is 21.2 Å². The van der Waals surface area contributed by atoms with E-state index >= 15 is 0 Å². The summed E-state index contributed by atoms with van der Waals surface area (Å²) in [7, 11) is -12.6. The highest BCUT2D eigenvalue weighted by Crippen LogP contribution is 2.39. The van der Waals surface area contributed by atoms with Crippen LogP contribution in [0.5, 0.6) is 0 Å². The van der Waals surface area contributed by atoms with Crippen molar-refractivity contribution in [2.24, 2.45) is 0 Å². The molecule has 0 radical (unpaired) electrons. The van der Waals surface area contributed by atoms with Gasteiger partial charge in [-0.1, -0.05) is 121 Å². The summed E-state index contributed by atoms with van der Waals surface area (Å²) in [5.41, 5.74) is 0. The van der Waals surface area contributed by atoms with Crippen molar-refractivity contribution < 1.29 is 34.5 Å². The lowest BCUT2D eigenvalue weighted by molar-refractivity contribution is 0.366. The van der Waals surface area contributed by atoms with E-state index in [1.165, 1.54) is 40.0 Å². The van der Waals surface area contributed by atoms with Gasteiger partial charge in [-0.05, 0) is 55.8 Å². The van der Waals surface area contributed by atoms with Gasteiger partial charge in [0.1, 0.15) is 0 Å². The summed E-state index contributed by atoms with van der Waals surface area (Å²) in [6.07, 6.45) is 3.72. The van der Waals surface area contributed by atoms with Crippen LogP contribution in [-0.4, -0.2) is 26.8 Å². The average Bonchev–Trinajstić information content (AvgIpc) is 2.89. The summed E-state index contributed by atoms with van der Waals surface area (Å²) in [4.78, 5) is 0. The van der Waals surface area contributed by atoms with Gasteiger partial charge in [-0.2, -0.15) is 0 Å². The molecule has 0 atom stereocenters. The van der Waals surface area contributed by atoms with Crippen molar-refractivity contribution in [2.75, 3.05) is 12.3 Å². The van der Waals surface area contributed by atoms with Crippen LogP contribution in [0.3, 0.4) is 0 Å². The van der Waals surface area contributed by atoms with E-state index in [0.29, 0.717) is 0 Å². The molecule has 0 amide bonds. The first-order valence-electron chi connectivity index (χ1n) is 11.9. The highest BCUT2D eigenvalue weighted by molar-refractivity contribution is 7.74. The van der Waals surface area contributed by atoms with Gasteiger partial charge in [0.2, 0.25) is 0 Å². The van der Waals surface area contributed by atoms with Crippen molar-refractivity contribution >= 4 is 51.6 Å². The van der Waals surface area contributed by atoms with Crippen molar-refractivity contribution in [1.29, 1.82) is 0 Å². The smallest absolute Gasteiger partial charge is 0.418 e. The fourth-order valence-electron chi connectivity index (χ4n) is 3.63. The van der Waals surface area contributed by atoms with Gasteiger partial charge in [0.15, 0.2) is 0 Å². The fourth-order valence-corrected chi connectivity index (χ4v) is 8.59. The molecular formula is C27H26B2F8P2-2. The topological polar surface area (TPSA) is 0 Å². The number of halogens is 8. The minimum Gasteiger partial charge on any atom is -0.418 e. The van der Waals surface area contributed by atoms with Gasteiger partial charge >= 0.3 is 14.5 Å². The van der Waals surface area contributed by atoms with Gasteiger partial charge in [0.25, 0.3) is 0 Å². The van der Waals surface area contributed by atoms with Crippen LogP contribution in [0.4, 0.5) is 34.5 Å². The monoisotopic (exact) mass is 586 g/mol. The van der Waals surface area contributed by atoms with Crippen molar-refractivity contribution in [1.82, 2.24) is 0 Å². The molecule has 4 rings (SSSR count). The maximum atomic E-state index is 9.75. The third kappa shape index (κ3) is 14.9. The average molecular weight is 586 g/mol. The molecule has 0 fully saturated rings. The van der Waals surface area contributed by atoms with Crippen LogP contribution in [0.2, 0.25) is 0 Å². The number of hydrogen-bond donors (Lipinski definition) is 0. The zero-order valence-corrected chi connectivity index (χ0v) is 22.5. The standard InChI is InChI=1S/C27H26P2.2BF4/c1-5-14-24(15-6-1)28(25-16-7-2-8-17-25)22-13-23-29(26-18-9-3-10-19-26)27-20-11-4-12-21-27;2*2-1(3,4)5/h1-12,14-21H,13,22-23H2;;/q;2*-1. The normalized spacial score (nSPS) is 11.3. The van der Waals surface area contributed by atoms with Crippen molar-refractivity contribution in [3.05, 3.63) is 121 Å². The highest BCUT2D eigenvalue weighted by Gasteiger charge is 2.21. The molecule has 0 aromatic heterocycles. The quantitative estimate of drug-likeness (QED) is 0.111. The Morgan fingerprint density at radius 3 is 0.718 bits per heavy atom. The lowest BCUT2D eigenvalue weighted by Gasteiger charge is -2.22. The summed E-state index contributed by atoms with van der Waals surface area (Å²) in [5, 5.41) is 5.94. The molecule has 0 heterocycles. The Morgan fingerprint density at radius 2 is 0.538 bits per heavy atom. The molecule has 0 N–H and O–H groups in total. The summed E-state index contributed by atoms with van der Waals surface area (Å²) < 4.78 is 78.0. The molecule has 0 aliphatic heterocycles. The highest BCUT2D eigenvalue weighted by atomic mass is 31.1. The first kappa shape index (κ1) is 32.5. The van der Waals surface area contributed by atoms with Gasteiger partial charge in [-0.3, -0.25) is 0 Å². The zero-order valence-electron chi connectivity index (χ0n) is 20.7. The molecule has 12 heteroatoms. The van der Waals surface area contributed by atoms with E-state index in [9.17, 15) is 34.5 Å². The molecule has 0 aliphatic carbocycles. The van der Waals surface area contributed by atoms with Crippen LogP contribution in [0.25, 0.3) is 0 Å². The van der Waals surface area contributed by atoms with E-state index < -0.39 is 14.5 Å². The van der Waals surface area contributed by atoms with Gasteiger partial charge in [0, 0.05) is 0 Å². The molecule has 0 unspecified atom stereocenters. The maximum absolute atomic E-state index is 9.75. The van der Waals surface area contributed by atoms with Crippen LogP contribution in [-0.2, 0) is 0 Å². The predicted molar refractivity (Wildman–Crippen MR) is 153 cm³/mol. The second kappa shape index (κ2) is 16.4. The molecule has 0 spiro atoms. The summed E-state index contributed by atoms with van der Waals surface area (Å²) in [6.45, 7) is 0. The number of hydrogen-bond acceptors (Lipinski definition) is 0. The van der Waals surface area contributed by atoms with E-state index in [1.54, 1.807) is 0 Å². The lowest BCUT2D eigenvalue weighted by Crippen LogP contribution is -2.17. The first-order chi connectivity index (χ1) is 18.4. The van der Waals surface area contributed by atoms with Crippen LogP contribution in [0.1, 0.15) is 6.42 Å². The second-order valence-electron chi connectivity index (χ2n) is 7.99. The third-order valence-corrected chi connectivity index (χ3v) is 10.2. The fraction of sp³-hybridized carbons (Fsp3) is 0.111. The van der Waals surface area contributed by atoms with E-state index in [4.69, 9.17) is 0 Å². The largest absolute Gasteiger partial charge is 0.673 e. The van der Waals surface area contributed by atoms with E-state index in [1.807, 2.05) is 0 Å². The minimum atomic E-state index is -6.00. The maximum Gasteiger partial charge on any atom is 0.673 e. The Balaban J connectivity index is 0.000000458. The Kier molecular flexibility index (Phi) is 13.7. The molecule has 0 nitrogen and oxygen atoms in total. The Morgan fingerprint density at radius 1 is 0.359 bits per heavy atom. The van der Waals surface area contributed by atoms with E-state index in [2.05, 4.69) is 121 Å². The molecule has 208 valence electrons. The molecule has 0 bridgehead atoms. The number of rotatable bonds is 8. The molecule has 4 aromatic carbocycles. The molecule has 0 aliphatic rings. The van der Waals surface area contributed by atoms with E-state index in [-0.39, 0.29) is 15.8 Å². The molecule has 39 heavy (non-hydrogen) atoms. The molecular weight excluding hydrogens is 560 g/mol. The van der Waals surface area contributed by atoms with Crippen LogP contribution >= 0.6 is 15.8 Å². The van der Waals surface area contributed by atoms with Gasteiger partial charge in [-0.15, -0.1) is 0 Å². The van der Waals surface area contributed by atoms with Crippen LogP contribution in [0, 0.1) is 0 Å². The molecule has 4 aromatic rings. The second-order valence-corrected chi connectivity index (χ2v) is 12.7. The van der Waals surface area contributed by atoms with Crippen molar-refractivity contribution in [3.8, 4) is 0 Å². The Hall–Kier alpha value is -2.69. The molecule has 0 saturated heterocycles. The van der Waals surface area contributed by atoms with Crippen molar-refractivity contribution in [2.45, 2.75) is 6.42 Å². The van der Waals surface area contributed by atoms with Crippen LogP contribution in [0.15, 0.2) is 121 Å². The van der Waals surface area contributed by atoms with E-state index in [0.717, 1.165) is 0 Å². The predicted octanol–water partition coefficient (Wildman–Crippen LogP) is 8.24. The third-order valence-electron chi connectivity index (χ3n) is 5.03. The first-order valence-corrected chi connectivity index (χ1v) is 15.0. The zero-order chi connectivity index (χ0) is 28.7.